The van der Waals surface area contributed by atoms with Crippen LogP contribution in [0.1, 0.15) is 11.1 Å². The van der Waals surface area contributed by atoms with E-state index in [9.17, 15) is 4.79 Å². The summed E-state index contributed by atoms with van der Waals surface area (Å²) in [6.07, 6.45) is 0. The van der Waals surface area contributed by atoms with Gasteiger partial charge in [0.05, 0.1) is 0 Å². The van der Waals surface area contributed by atoms with Crippen LogP contribution >= 0.6 is 0 Å². The normalized spacial score (nSPS) is 10.0. The zero-order chi connectivity index (χ0) is 14.2. The number of hydrogen-bond donors (Lipinski definition) is 0. The van der Waals surface area contributed by atoms with Crippen molar-refractivity contribution in [1.82, 2.24) is 0 Å². The van der Waals surface area contributed by atoms with E-state index < -0.39 is 0 Å². The minimum atomic E-state index is -0.357. The van der Waals surface area contributed by atoms with E-state index >= 15 is 0 Å². The fraction of sp³-hybridized carbons (Fsp3) is 0.0667. The summed E-state index contributed by atoms with van der Waals surface area (Å²) < 4.78 is 10.2. The molecule has 0 aliphatic heterocycles. The van der Waals surface area contributed by atoms with Crippen LogP contribution in [0.2, 0.25) is 0 Å². The van der Waals surface area contributed by atoms with E-state index in [1.165, 1.54) is 6.92 Å². The van der Waals surface area contributed by atoms with Crippen LogP contribution in [0.5, 0.6) is 5.75 Å². The van der Waals surface area contributed by atoms with Crippen LogP contribution < -0.4 is 4.65 Å². The molecule has 0 aliphatic rings. The maximum atomic E-state index is 11.6. The summed E-state index contributed by atoms with van der Waals surface area (Å²) >= 11 is 0. The Balaban J connectivity index is 1.85. The Morgan fingerprint density at radius 3 is 2.45 bits per heavy atom. The average molecular weight is 264 g/mol. The Labute approximate surface area is 119 Å². The summed E-state index contributed by atoms with van der Waals surface area (Å²) in [5, 5.41) is 0. The van der Waals surface area contributed by atoms with Gasteiger partial charge >= 0.3 is 119 Å². The Hall–Kier alpha value is -2.29. The van der Waals surface area contributed by atoms with Crippen molar-refractivity contribution in [2.45, 2.75) is 6.61 Å². The first-order chi connectivity index (χ1) is 9.78. The van der Waals surface area contributed by atoms with Crippen molar-refractivity contribution in [2.75, 3.05) is 0 Å². The van der Waals surface area contributed by atoms with E-state index in [1.54, 1.807) is 14.0 Å². The number of carbonyl (C=O) groups is 1. The van der Waals surface area contributed by atoms with E-state index in [1.807, 2.05) is 54.6 Å². The third-order valence-electron chi connectivity index (χ3n) is 2.75. The molecule has 3 nitrogen and oxygen atoms in total. The van der Waals surface area contributed by atoms with Crippen molar-refractivity contribution in [1.29, 1.82) is 0 Å². The van der Waals surface area contributed by atoms with Gasteiger partial charge in [0.25, 0.3) is 0 Å². The van der Waals surface area contributed by atoms with Crippen LogP contribution in [0, 0.1) is 0 Å². The zero-order valence-electron chi connectivity index (χ0n) is 11.3. The summed E-state index contributed by atoms with van der Waals surface area (Å²) in [6.45, 7) is 1.71. The number of hydrogen-bond acceptors (Lipinski definition) is 3. The van der Waals surface area contributed by atoms with E-state index in [-0.39, 0.29) is 12.5 Å². The third-order valence-corrected chi connectivity index (χ3v) is 2.75. The molecule has 2 aromatic carbocycles. The monoisotopic (exact) mass is 264 g/mol. The summed E-state index contributed by atoms with van der Waals surface area (Å²) in [4.78, 5) is 11.6. The summed E-state index contributed by atoms with van der Waals surface area (Å²) in [5.74, 6) is 2.14. The molecule has 0 fully saturated rings. The van der Waals surface area contributed by atoms with E-state index in [0.29, 0.717) is 0 Å². The van der Waals surface area contributed by atoms with Crippen LogP contribution in [0.25, 0.3) is 0 Å². The summed E-state index contributed by atoms with van der Waals surface area (Å²) in [5.41, 5.74) is 1.89. The molecule has 0 bridgehead atoms. The molecule has 0 saturated heterocycles. The van der Waals surface area contributed by atoms with Gasteiger partial charge in [-0.1, -0.05) is 0 Å². The van der Waals surface area contributed by atoms with Gasteiger partial charge in [0.15, 0.2) is 0 Å². The Bertz CT molecular complexity index is 580. The molecule has 0 heterocycles. The van der Waals surface area contributed by atoms with Crippen LogP contribution in [0.3, 0.4) is 0 Å². The van der Waals surface area contributed by atoms with Gasteiger partial charge in [-0.3, -0.25) is 0 Å². The average Bonchev–Trinajstić information content (AvgIpc) is 2.52. The van der Waals surface area contributed by atoms with Crippen LogP contribution in [-0.4, -0.2) is 26.8 Å². The first-order valence-corrected chi connectivity index (χ1v) is 6.31. The molecule has 0 aliphatic carbocycles. The Kier molecular flexibility index (Phi) is 5.18. The second-order valence-corrected chi connectivity index (χ2v) is 4.20. The zero-order valence-corrected chi connectivity index (χ0v) is 11.3. The van der Waals surface area contributed by atoms with Crippen molar-refractivity contribution >= 4 is 26.8 Å². The number of carbonyl (C=O) groups excluding carboxylic acids is 1. The number of rotatable bonds is 5. The standard InChI is InChI=1S/C15H14B2O3/c16-20-14-8-6-12(7-9-14)10-17-15(18)19-11-13-4-2-1-3-5-13/h1-10H,11,16H2. The molecule has 0 radical (unpaired) electrons. The van der Waals surface area contributed by atoms with Gasteiger partial charge in [0.2, 0.25) is 0 Å². The molecule has 0 amide bonds. The molecule has 0 aromatic heterocycles. The second-order valence-electron chi connectivity index (χ2n) is 4.20. The Morgan fingerprint density at radius 1 is 1.10 bits per heavy atom. The van der Waals surface area contributed by atoms with Gasteiger partial charge in [0.1, 0.15) is 0 Å². The predicted molar refractivity (Wildman–Crippen MR) is 83.2 cm³/mol. The molecule has 0 unspecified atom stereocenters. The van der Waals surface area contributed by atoms with E-state index in [0.717, 1.165) is 16.9 Å². The Morgan fingerprint density at radius 2 is 1.80 bits per heavy atom. The molecule has 5 heteroatoms. The molecule has 20 heavy (non-hydrogen) atoms. The first-order valence-electron chi connectivity index (χ1n) is 6.31. The van der Waals surface area contributed by atoms with E-state index in [2.05, 4.69) is 0 Å². The van der Waals surface area contributed by atoms with Crippen LogP contribution in [0.15, 0.2) is 54.6 Å². The minimum absolute atomic E-state index is 0.284. The van der Waals surface area contributed by atoms with Crippen molar-refractivity contribution in [3.63, 3.8) is 0 Å². The maximum absolute atomic E-state index is 11.6. The molecule has 0 spiro atoms. The third kappa shape index (κ3) is 4.43. The molecular formula is C15H14B2O3. The van der Waals surface area contributed by atoms with Gasteiger partial charge in [0, 0.05) is 0 Å². The van der Waals surface area contributed by atoms with E-state index in [4.69, 9.17) is 9.39 Å². The quantitative estimate of drug-likeness (QED) is 0.772. The SMILES string of the molecule is BOc1ccc(C=BC(=O)OCc2ccccc2)cc1. The fourth-order valence-electron chi connectivity index (χ4n) is 1.66. The van der Waals surface area contributed by atoms with Crippen molar-refractivity contribution < 1.29 is 14.2 Å². The fourth-order valence-corrected chi connectivity index (χ4v) is 1.66. The molecule has 0 saturated carbocycles. The topological polar surface area (TPSA) is 35.5 Å². The molecular weight excluding hydrogens is 250 g/mol. The van der Waals surface area contributed by atoms with Gasteiger partial charge in [-0.2, -0.15) is 0 Å². The van der Waals surface area contributed by atoms with Crippen molar-refractivity contribution in [2.24, 2.45) is 0 Å². The number of ether oxygens (including phenoxy) is 1. The van der Waals surface area contributed by atoms with Crippen LogP contribution in [0.4, 0.5) is 4.79 Å². The molecule has 0 N–H and O–H groups in total. The second kappa shape index (κ2) is 7.34. The first kappa shape index (κ1) is 14.1. The van der Waals surface area contributed by atoms with Crippen LogP contribution in [-0.2, 0) is 11.3 Å². The summed E-state index contributed by atoms with van der Waals surface area (Å²) in [6, 6.07) is 17.0. The van der Waals surface area contributed by atoms with Crippen molar-refractivity contribution in [3.05, 3.63) is 65.7 Å². The molecule has 0 atom stereocenters. The molecule has 2 rings (SSSR count). The van der Waals surface area contributed by atoms with Gasteiger partial charge < -0.3 is 0 Å². The predicted octanol–water partition coefficient (Wildman–Crippen LogP) is 1.80. The van der Waals surface area contributed by atoms with Gasteiger partial charge in [-0.25, -0.2) is 0 Å². The van der Waals surface area contributed by atoms with Gasteiger partial charge in [-0.15, -0.1) is 0 Å². The number of benzene rings is 2. The molecule has 2 aromatic rings. The summed E-state index contributed by atoms with van der Waals surface area (Å²) in [7, 11) is 1.62. The van der Waals surface area contributed by atoms with Gasteiger partial charge in [-0.05, 0) is 0 Å². The van der Waals surface area contributed by atoms with Crippen molar-refractivity contribution in [3.8, 4) is 5.75 Å². The molecule has 98 valence electrons.